The Morgan fingerprint density at radius 2 is 1.48 bits per heavy atom. The zero-order chi connectivity index (χ0) is 27.5. The Hall–Kier alpha value is -3.64. The van der Waals surface area contributed by atoms with Crippen molar-refractivity contribution in [2.24, 2.45) is 0 Å². The average molecular weight is 571 g/mol. The molecule has 1 aliphatic heterocycles. The number of benzene rings is 3. The van der Waals surface area contributed by atoms with E-state index in [0.29, 0.717) is 58.6 Å². The summed E-state index contributed by atoms with van der Waals surface area (Å²) in [6, 6.07) is 12.8. The van der Waals surface area contributed by atoms with Crippen molar-refractivity contribution < 1.29 is 67.9 Å². The Morgan fingerprint density at radius 1 is 0.825 bits per heavy atom. The number of carbonyl (C=O) groups is 2. The second-order valence-electron chi connectivity index (χ2n) is 8.49. The third-order valence-electron chi connectivity index (χ3n) is 6.28. The van der Waals surface area contributed by atoms with Gasteiger partial charge in [-0.3, -0.25) is 4.79 Å². The van der Waals surface area contributed by atoms with E-state index >= 15 is 0 Å². The molecule has 0 saturated heterocycles. The molecule has 0 N–H and O–H groups in total. The van der Waals surface area contributed by atoms with Crippen LogP contribution in [0.2, 0.25) is 0 Å². The van der Waals surface area contributed by atoms with E-state index in [4.69, 9.17) is 23.7 Å². The Bertz CT molecular complexity index is 1620. The summed E-state index contributed by atoms with van der Waals surface area (Å²) in [7, 11) is 4.44. The van der Waals surface area contributed by atoms with Gasteiger partial charge in [0.2, 0.25) is 0 Å². The Morgan fingerprint density at radius 3 is 2.17 bits per heavy atom. The van der Waals surface area contributed by atoms with Crippen molar-refractivity contribution in [3.63, 3.8) is 0 Å². The van der Waals surface area contributed by atoms with Crippen LogP contribution in [0.5, 0.6) is 28.7 Å². The Kier molecular flexibility index (Phi) is 9.31. The number of carboxylic acids is 1. The van der Waals surface area contributed by atoms with Gasteiger partial charge in [0.25, 0.3) is 0 Å². The zero-order valence-electron chi connectivity index (χ0n) is 22.3. The van der Waals surface area contributed by atoms with Crippen molar-refractivity contribution in [3.05, 3.63) is 70.8 Å². The molecule has 0 fully saturated rings. The smallest absolute Gasteiger partial charge is 0.545 e. The van der Waals surface area contributed by atoms with Crippen molar-refractivity contribution in [2.45, 2.75) is 6.42 Å². The van der Waals surface area contributed by atoms with Crippen LogP contribution >= 0.6 is 11.7 Å². The van der Waals surface area contributed by atoms with Crippen molar-refractivity contribution in [3.8, 4) is 28.7 Å². The number of allylic oxidation sites excluding steroid dienone is 1. The number of ketones is 1. The van der Waals surface area contributed by atoms with Crippen LogP contribution in [0.15, 0.2) is 54.1 Å². The van der Waals surface area contributed by atoms with Gasteiger partial charge in [0.1, 0.15) is 30.0 Å². The van der Waals surface area contributed by atoms with Gasteiger partial charge in [-0.2, -0.15) is 8.75 Å². The Labute approximate surface area is 256 Å². The van der Waals surface area contributed by atoms with Gasteiger partial charge in [-0.15, -0.1) is 0 Å². The quantitative estimate of drug-likeness (QED) is 0.155. The number of aromatic nitrogens is 2. The van der Waals surface area contributed by atoms with E-state index in [1.807, 2.05) is 0 Å². The number of ether oxygens (including phenoxy) is 5. The number of methoxy groups -OCH3 is 3. The molecule has 12 heteroatoms. The van der Waals surface area contributed by atoms with Gasteiger partial charge in [-0.25, -0.2) is 0 Å². The fourth-order valence-electron chi connectivity index (χ4n) is 4.41. The maximum Gasteiger partial charge on any atom is 1.00 e. The zero-order valence-corrected chi connectivity index (χ0v) is 25.1. The van der Waals surface area contributed by atoms with Gasteiger partial charge in [0, 0.05) is 34.8 Å². The number of fused-ring (bicyclic) bond motifs is 2. The van der Waals surface area contributed by atoms with E-state index in [1.54, 1.807) is 48.5 Å². The number of carboxylic acid groups (broad SMARTS) is 1. The number of hydrogen-bond acceptors (Lipinski definition) is 11. The minimum Gasteiger partial charge on any atom is -0.545 e. The van der Waals surface area contributed by atoms with E-state index in [-0.39, 0.29) is 58.3 Å². The van der Waals surface area contributed by atoms with Crippen LogP contribution in [0.3, 0.4) is 0 Å². The minimum atomic E-state index is -1.52. The molecule has 2 heterocycles. The standard InChI is InChI=1S/C28H24N2O8S.Na/c1-34-22-14-24(36-3)23(35-2)13-17(22)10-18(27(31)16-5-7-21-25(12-16)38-9-8-37-21)26(28(32)33)15-4-6-19-20(11-15)30-39-29-19;/h4-7,11-14H,8-10H2,1-3H3,(H,32,33);/q;+1/p-1. The van der Waals surface area contributed by atoms with E-state index in [2.05, 4.69) is 8.75 Å². The number of hydrogen-bond donors (Lipinski definition) is 0. The van der Waals surface area contributed by atoms with Gasteiger partial charge < -0.3 is 33.6 Å². The van der Waals surface area contributed by atoms with Crippen LogP contribution < -0.4 is 58.3 Å². The first-order valence-corrected chi connectivity index (χ1v) is 12.6. The number of nitrogens with zero attached hydrogens (tertiary/aromatic N) is 2. The summed E-state index contributed by atoms with van der Waals surface area (Å²) in [5.74, 6) is 0.0637. The van der Waals surface area contributed by atoms with Gasteiger partial charge >= 0.3 is 29.6 Å². The molecule has 3 aromatic carbocycles. The molecule has 0 amide bonds. The van der Waals surface area contributed by atoms with Crippen molar-refractivity contribution in [2.75, 3.05) is 34.5 Å². The summed E-state index contributed by atoms with van der Waals surface area (Å²) < 4.78 is 36.0. The molecule has 5 rings (SSSR count). The van der Waals surface area contributed by atoms with Crippen molar-refractivity contribution in [1.82, 2.24) is 8.75 Å². The van der Waals surface area contributed by atoms with E-state index < -0.39 is 11.8 Å². The molecular weight excluding hydrogens is 547 g/mol. The molecule has 0 aliphatic carbocycles. The predicted octanol–water partition coefficient (Wildman–Crippen LogP) is 0.121. The van der Waals surface area contributed by atoms with E-state index in [1.165, 1.54) is 21.3 Å². The summed E-state index contributed by atoms with van der Waals surface area (Å²) in [6.45, 7) is 0.732. The molecule has 0 spiro atoms. The molecule has 1 aliphatic rings. The molecule has 0 atom stereocenters. The van der Waals surface area contributed by atoms with E-state index in [9.17, 15) is 14.7 Å². The molecule has 0 unspecified atom stereocenters. The summed E-state index contributed by atoms with van der Waals surface area (Å²) in [4.78, 5) is 26.8. The largest absolute Gasteiger partial charge is 1.00 e. The van der Waals surface area contributed by atoms with Gasteiger partial charge in [0.15, 0.2) is 28.8 Å². The van der Waals surface area contributed by atoms with Crippen molar-refractivity contribution >= 4 is 40.1 Å². The van der Waals surface area contributed by atoms with Gasteiger partial charge in [-0.1, -0.05) is 6.07 Å². The number of Topliss-reactive ketones (excluding diaryl/α,β-unsaturated/α-hetero) is 1. The van der Waals surface area contributed by atoms with Crippen LogP contribution in [0.1, 0.15) is 21.5 Å². The fourth-order valence-corrected chi connectivity index (χ4v) is 4.93. The second-order valence-corrected chi connectivity index (χ2v) is 9.02. The first-order chi connectivity index (χ1) is 18.9. The minimum absolute atomic E-state index is 0. The molecule has 0 radical (unpaired) electrons. The predicted molar refractivity (Wildman–Crippen MR) is 141 cm³/mol. The van der Waals surface area contributed by atoms with Crippen LogP contribution in [-0.4, -0.2) is 55.0 Å². The van der Waals surface area contributed by atoms with Gasteiger partial charge in [-0.05, 0) is 42.0 Å². The third-order valence-corrected chi connectivity index (χ3v) is 6.84. The van der Waals surface area contributed by atoms with Gasteiger partial charge in [0.05, 0.1) is 39.0 Å². The first kappa shape index (κ1) is 29.3. The SMILES string of the molecule is COc1cc(OC)c(OC)cc1CC(C(=O)c1ccc2c(c1)OCCO2)=C(C(=O)[O-])c1ccc2nsnc2c1.[Na+]. The molecule has 1 aromatic heterocycles. The summed E-state index contributed by atoms with van der Waals surface area (Å²) in [6.07, 6.45) is -0.118. The summed E-state index contributed by atoms with van der Waals surface area (Å²) in [5.41, 5.74) is 1.81. The molecule has 200 valence electrons. The molecule has 4 aromatic rings. The molecule has 0 bridgehead atoms. The summed E-state index contributed by atoms with van der Waals surface area (Å²) in [5, 5.41) is 12.7. The Balaban J connectivity index is 0.00000370. The topological polar surface area (TPSA) is 129 Å². The molecule has 10 nitrogen and oxygen atoms in total. The third kappa shape index (κ3) is 5.78. The van der Waals surface area contributed by atoms with Crippen LogP contribution in [-0.2, 0) is 11.2 Å². The monoisotopic (exact) mass is 570 g/mol. The maximum atomic E-state index is 14.1. The molecule has 0 saturated carbocycles. The second kappa shape index (κ2) is 12.7. The number of rotatable bonds is 9. The number of aliphatic carboxylic acids is 1. The van der Waals surface area contributed by atoms with Crippen LogP contribution in [0.25, 0.3) is 16.6 Å². The van der Waals surface area contributed by atoms with Crippen LogP contribution in [0.4, 0.5) is 0 Å². The number of carbonyl (C=O) groups excluding carboxylic acids is 2. The van der Waals surface area contributed by atoms with Crippen LogP contribution in [0, 0.1) is 0 Å². The maximum absolute atomic E-state index is 14.1. The first-order valence-electron chi connectivity index (χ1n) is 11.8. The molecule has 40 heavy (non-hydrogen) atoms. The van der Waals surface area contributed by atoms with E-state index in [0.717, 1.165) is 11.7 Å². The van der Waals surface area contributed by atoms with Crippen molar-refractivity contribution in [1.29, 1.82) is 0 Å². The normalized spacial score (nSPS) is 12.7. The molecular formula is C28H23N2NaO8S. The average Bonchev–Trinajstić information content (AvgIpc) is 3.43. The summed E-state index contributed by atoms with van der Waals surface area (Å²) >= 11 is 1.01. The fraction of sp³-hybridized carbons (Fsp3) is 0.214.